The van der Waals surface area contributed by atoms with Crippen LogP contribution in [-0.4, -0.2) is 17.6 Å². The summed E-state index contributed by atoms with van der Waals surface area (Å²) in [7, 11) is 0. The fourth-order valence-electron chi connectivity index (χ4n) is 1.24. The number of carbonyl (C=O) groups is 1. The molecule has 0 aliphatic rings. The summed E-state index contributed by atoms with van der Waals surface area (Å²) >= 11 is 8.78. The second-order valence-electron chi connectivity index (χ2n) is 3.07. The number of nitrogens with zero attached hydrogens (tertiary/aromatic N) is 1. The third-order valence-electron chi connectivity index (χ3n) is 1.90. The highest BCUT2D eigenvalue weighted by Crippen LogP contribution is 2.29. The Morgan fingerprint density at radius 3 is 2.82 bits per heavy atom. The Balaban J connectivity index is 3.08. The van der Waals surface area contributed by atoms with E-state index in [1.165, 1.54) is 6.07 Å². The van der Waals surface area contributed by atoms with E-state index >= 15 is 0 Å². The molecule has 0 N–H and O–H groups in total. The Kier molecular flexibility index (Phi) is 5.27. The summed E-state index contributed by atoms with van der Waals surface area (Å²) in [4.78, 5) is 14.9. The Morgan fingerprint density at radius 1 is 1.65 bits per heavy atom. The summed E-state index contributed by atoms with van der Waals surface area (Å²) in [5, 5.41) is 0.0650. The van der Waals surface area contributed by atoms with Crippen LogP contribution in [0.1, 0.15) is 24.6 Å². The number of pyridine rings is 1. The van der Waals surface area contributed by atoms with Crippen molar-refractivity contribution in [2.45, 2.75) is 19.8 Å². The number of carbonyl (C=O) groups excluding carboxylic acids is 1. The quantitative estimate of drug-likeness (QED) is 0.627. The lowest BCUT2D eigenvalue weighted by Crippen LogP contribution is -2.11. The first-order valence-electron chi connectivity index (χ1n) is 4.74. The van der Waals surface area contributed by atoms with Gasteiger partial charge in [0.15, 0.2) is 0 Å². The van der Waals surface area contributed by atoms with Gasteiger partial charge in [0.2, 0.25) is 0 Å². The van der Waals surface area contributed by atoms with E-state index in [-0.39, 0.29) is 28.2 Å². The van der Waals surface area contributed by atoms with Gasteiger partial charge in [0.25, 0.3) is 6.43 Å². The van der Waals surface area contributed by atoms with Gasteiger partial charge in [-0.3, -0.25) is 4.79 Å². The highest BCUT2D eigenvalue weighted by Gasteiger charge is 2.21. The average Bonchev–Trinajstić information content (AvgIpc) is 2.21. The number of ether oxygens (including phenoxy) is 1. The van der Waals surface area contributed by atoms with E-state index in [1.807, 2.05) is 0 Å². The molecule has 1 heterocycles. The zero-order valence-corrected chi connectivity index (χ0v) is 11.2. The molecule has 0 bridgehead atoms. The molecule has 0 spiro atoms. The number of rotatable bonds is 4. The molecule has 0 radical (unpaired) electrons. The molecule has 1 aromatic heterocycles. The molecule has 1 rings (SSSR count). The minimum atomic E-state index is -2.80. The second kappa shape index (κ2) is 6.26. The van der Waals surface area contributed by atoms with Crippen molar-refractivity contribution in [2.24, 2.45) is 0 Å². The summed E-state index contributed by atoms with van der Waals surface area (Å²) in [6.07, 6.45) is -3.11. The Bertz CT molecular complexity index is 429. The molecule has 0 fully saturated rings. The molecular weight excluding hydrogens is 319 g/mol. The molecule has 1 aromatic rings. The van der Waals surface area contributed by atoms with Gasteiger partial charge in [-0.1, -0.05) is 11.6 Å². The molecule has 0 aliphatic carbocycles. The van der Waals surface area contributed by atoms with E-state index < -0.39 is 18.1 Å². The van der Waals surface area contributed by atoms with E-state index in [4.69, 9.17) is 11.6 Å². The molecule has 0 saturated heterocycles. The first kappa shape index (κ1) is 14.3. The van der Waals surface area contributed by atoms with Crippen molar-refractivity contribution in [3.63, 3.8) is 0 Å². The molecule has 0 atom stereocenters. The van der Waals surface area contributed by atoms with Gasteiger partial charge in [-0.2, -0.15) is 0 Å². The zero-order chi connectivity index (χ0) is 13.0. The van der Waals surface area contributed by atoms with Gasteiger partial charge in [0.1, 0.15) is 10.3 Å². The van der Waals surface area contributed by atoms with Crippen LogP contribution in [0.25, 0.3) is 0 Å². The maximum Gasteiger partial charge on any atom is 0.310 e. The van der Waals surface area contributed by atoms with Crippen LogP contribution < -0.4 is 0 Å². The molecule has 0 unspecified atom stereocenters. The predicted octanol–water partition coefficient (Wildman–Crippen LogP) is 3.54. The summed E-state index contributed by atoms with van der Waals surface area (Å²) in [6.45, 7) is 1.82. The summed E-state index contributed by atoms with van der Waals surface area (Å²) in [5.74, 6) is -0.611. The summed E-state index contributed by atoms with van der Waals surface area (Å²) in [5.41, 5.74) is -0.499. The molecule has 94 valence electrons. The molecule has 0 saturated carbocycles. The molecular formula is C10H9BrClF2NO2. The molecule has 17 heavy (non-hydrogen) atoms. The molecule has 0 amide bonds. The lowest BCUT2D eigenvalue weighted by Gasteiger charge is -2.10. The van der Waals surface area contributed by atoms with Crippen molar-refractivity contribution < 1.29 is 18.3 Å². The van der Waals surface area contributed by atoms with Gasteiger partial charge in [-0.05, 0) is 28.9 Å². The van der Waals surface area contributed by atoms with E-state index in [0.717, 1.165) is 0 Å². The van der Waals surface area contributed by atoms with Gasteiger partial charge in [-0.25, -0.2) is 13.8 Å². The SMILES string of the molecule is CCOC(=O)Cc1c(Cl)cc(Br)nc1C(F)F. The van der Waals surface area contributed by atoms with Crippen LogP contribution in [0.3, 0.4) is 0 Å². The van der Waals surface area contributed by atoms with Crippen molar-refractivity contribution in [2.75, 3.05) is 6.61 Å². The van der Waals surface area contributed by atoms with Crippen LogP contribution in [0.2, 0.25) is 5.02 Å². The Hall–Kier alpha value is -0.750. The Labute approximate surface area is 110 Å². The van der Waals surface area contributed by atoms with Gasteiger partial charge in [0.05, 0.1) is 13.0 Å². The van der Waals surface area contributed by atoms with Crippen LogP contribution in [0.4, 0.5) is 8.78 Å². The maximum absolute atomic E-state index is 12.7. The smallest absolute Gasteiger partial charge is 0.310 e. The first-order chi connectivity index (χ1) is 7.95. The Morgan fingerprint density at radius 2 is 2.29 bits per heavy atom. The van der Waals surface area contributed by atoms with Crippen molar-refractivity contribution in [3.05, 3.63) is 26.9 Å². The lowest BCUT2D eigenvalue weighted by atomic mass is 10.1. The van der Waals surface area contributed by atoms with Crippen LogP contribution in [0.15, 0.2) is 10.7 Å². The second-order valence-corrected chi connectivity index (χ2v) is 4.29. The number of aromatic nitrogens is 1. The molecule has 0 aliphatic heterocycles. The summed E-state index contributed by atoms with van der Waals surface area (Å²) < 4.78 is 30.3. The lowest BCUT2D eigenvalue weighted by molar-refractivity contribution is -0.142. The van der Waals surface area contributed by atoms with Crippen LogP contribution in [0, 0.1) is 0 Å². The van der Waals surface area contributed by atoms with Gasteiger partial charge in [0, 0.05) is 10.6 Å². The fraction of sp³-hybridized carbons (Fsp3) is 0.400. The van der Waals surface area contributed by atoms with Crippen LogP contribution in [0.5, 0.6) is 0 Å². The molecule has 7 heteroatoms. The van der Waals surface area contributed by atoms with E-state index in [2.05, 4.69) is 25.7 Å². The highest BCUT2D eigenvalue weighted by atomic mass is 79.9. The van der Waals surface area contributed by atoms with Crippen molar-refractivity contribution in [1.82, 2.24) is 4.98 Å². The zero-order valence-electron chi connectivity index (χ0n) is 8.84. The maximum atomic E-state index is 12.7. The number of alkyl halides is 2. The molecule has 3 nitrogen and oxygen atoms in total. The normalized spacial score (nSPS) is 10.7. The number of halogens is 4. The first-order valence-corrected chi connectivity index (χ1v) is 5.91. The number of hydrogen-bond acceptors (Lipinski definition) is 3. The third kappa shape index (κ3) is 3.89. The van der Waals surface area contributed by atoms with Crippen molar-refractivity contribution in [3.8, 4) is 0 Å². The topological polar surface area (TPSA) is 39.2 Å². The minimum Gasteiger partial charge on any atom is -0.466 e. The monoisotopic (exact) mass is 327 g/mol. The van der Waals surface area contributed by atoms with Gasteiger partial charge in [-0.15, -0.1) is 0 Å². The highest BCUT2D eigenvalue weighted by molar-refractivity contribution is 9.10. The number of hydrogen-bond donors (Lipinski definition) is 0. The van der Waals surface area contributed by atoms with E-state index in [0.29, 0.717) is 0 Å². The standard InChI is InChI=1S/C10H9BrClF2NO2/c1-2-17-8(16)3-5-6(12)4-7(11)15-9(5)10(13)14/h4,10H,2-3H2,1H3. The number of esters is 1. The fourth-order valence-corrected chi connectivity index (χ4v) is 2.06. The largest absolute Gasteiger partial charge is 0.466 e. The van der Waals surface area contributed by atoms with E-state index in [1.54, 1.807) is 6.92 Å². The average molecular weight is 329 g/mol. The third-order valence-corrected chi connectivity index (χ3v) is 2.65. The van der Waals surface area contributed by atoms with Crippen molar-refractivity contribution in [1.29, 1.82) is 0 Å². The van der Waals surface area contributed by atoms with Crippen LogP contribution in [-0.2, 0) is 16.0 Å². The minimum absolute atomic E-state index is 0.00307. The van der Waals surface area contributed by atoms with Crippen LogP contribution >= 0.6 is 27.5 Å². The van der Waals surface area contributed by atoms with Gasteiger partial charge < -0.3 is 4.74 Å². The van der Waals surface area contributed by atoms with Crippen molar-refractivity contribution >= 4 is 33.5 Å². The molecule has 0 aromatic carbocycles. The predicted molar refractivity (Wildman–Crippen MR) is 62.2 cm³/mol. The van der Waals surface area contributed by atoms with Gasteiger partial charge >= 0.3 is 5.97 Å². The van der Waals surface area contributed by atoms with E-state index in [9.17, 15) is 13.6 Å². The summed E-state index contributed by atoms with van der Waals surface area (Å²) in [6, 6.07) is 1.36.